The fourth-order valence-corrected chi connectivity index (χ4v) is 2.17. The van der Waals surface area contributed by atoms with Crippen LogP contribution in [0.3, 0.4) is 0 Å². The maximum Gasteiger partial charge on any atom is 0.130 e. The van der Waals surface area contributed by atoms with Gasteiger partial charge in [0.1, 0.15) is 11.9 Å². The highest BCUT2D eigenvalue weighted by Gasteiger charge is 2.15. The van der Waals surface area contributed by atoms with Gasteiger partial charge in [-0.3, -0.25) is 0 Å². The summed E-state index contributed by atoms with van der Waals surface area (Å²) in [6.07, 6.45) is -0.923. The van der Waals surface area contributed by atoms with Crippen LogP contribution in [0.4, 0.5) is 4.39 Å². The Bertz CT molecular complexity index is 456. The zero-order chi connectivity index (χ0) is 10.8. The summed E-state index contributed by atoms with van der Waals surface area (Å²) in [7, 11) is 0. The molecule has 0 saturated heterocycles. The van der Waals surface area contributed by atoms with E-state index in [1.165, 1.54) is 23.5 Å². The van der Waals surface area contributed by atoms with Crippen LogP contribution >= 0.6 is 22.9 Å². The van der Waals surface area contributed by atoms with Gasteiger partial charge in [-0.05, 0) is 34.5 Å². The summed E-state index contributed by atoms with van der Waals surface area (Å²) < 4.78 is 13.5. The first-order valence-corrected chi connectivity index (χ1v) is 5.65. The standard InChI is InChI=1S/C11H8ClFOS/c12-8-1-2-9(10(13)5-8)11(14)7-3-4-15-6-7/h1-6,11,14H. The molecule has 1 aromatic heterocycles. The Morgan fingerprint density at radius 1 is 1.33 bits per heavy atom. The van der Waals surface area contributed by atoms with Gasteiger partial charge in [0.15, 0.2) is 0 Å². The molecule has 1 unspecified atom stereocenters. The highest BCUT2D eigenvalue weighted by atomic mass is 35.5. The zero-order valence-electron chi connectivity index (χ0n) is 7.65. The molecule has 0 fully saturated rings. The predicted octanol–water partition coefficient (Wildman–Crippen LogP) is 3.62. The van der Waals surface area contributed by atoms with Gasteiger partial charge < -0.3 is 5.11 Å². The molecule has 0 aliphatic rings. The van der Waals surface area contributed by atoms with Crippen LogP contribution in [-0.4, -0.2) is 5.11 Å². The topological polar surface area (TPSA) is 20.2 Å². The largest absolute Gasteiger partial charge is 0.384 e. The molecule has 2 aromatic rings. The molecule has 0 amide bonds. The van der Waals surface area contributed by atoms with Crippen LogP contribution in [0.25, 0.3) is 0 Å². The molecule has 78 valence electrons. The van der Waals surface area contributed by atoms with Crippen LogP contribution in [0, 0.1) is 5.82 Å². The van der Waals surface area contributed by atoms with E-state index >= 15 is 0 Å². The molecule has 1 aromatic carbocycles. The third kappa shape index (κ3) is 2.20. The van der Waals surface area contributed by atoms with Crippen LogP contribution in [0.15, 0.2) is 35.0 Å². The van der Waals surface area contributed by atoms with E-state index in [-0.39, 0.29) is 5.56 Å². The normalized spacial score (nSPS) is 12.7. The molecule has 1 N–H and O–H groups in total. The van der Waals surface area contributed by atoms with Gasteiger partial charge in [-0.25, -0.2) is 4.39 Å². The number of hydrogen-bond donors (Lipinski definition) is 1. The average molecular weight is 243 g/mol. The van der Waals surface area contributed by atoms with Crippen molar-refractivity contribution in [2.45, 2.75) is 6.10 Å². The third-order valence-corrected chi connectivity index (χ3v) is 3.05. The van der Waals surface area contributed by atoms with Gasteiger partial charge in [0, 0.05) is 10.6 Å². The maximum absolute atomic E-state index is 13.5. The van der Waals surface area contributed by atoms with E-state index in [1.807, 2.05) is 5.38 Å². The van der Waals surface area contributed by atoms with Gasteiger partial charge in [-0.15, -0.1) is 0 Å². The predicted molar refractivity (Wildman–Crippen MR) is 59.8 cm³/mol. The molecular formula is C11H8ClFOS. The van der Waals surface area contributed by atoms with Crippen LogP contribution in [0.1, 0.15) is 17.2 Å². The molecule has 4 heteroatoms. The molecule has 1 heterocycles. The van der Waals surface area contributed by atoms with E-state index in [9.17, 15) is 9.50 Å². The maximum atomic E-state index is 13.5. The molecule has 1 atom stereocenters. The van der Waals surface area contributed by atoms with Crippen molar-refractivity contribution >= 4 is 22.9 Å². The van der Waals surface area contributed by atoms with Crippen molar-refractivity contribution < 1.29 is 9.50 Å². The van der Waals surface area contributed by atoms with E-state index in [0.29, 0.717) is 10.6 Å². The Labute approximate surface area is 95.8 Å². The Balaban J connectivity index is 2.38. The van der Waals surface area contributed by atoms with Crippen LogP contribution < -0.4 is 0 Å². The van der Waals surface area contributed by atoms with Crippen molar-refractivity contribution in [3.05, 3.63) is 57.0 Å². The summed E-state index contributed by atoms with van der Waals surface area (Å²) in [6.45, 7) is 0. The lowest BCUT2D eigenvalue weighted by Crippen LogP contribution is -2.00. The van der Waals surface area contributed by atoms with Crippen molar-refractivity contribution in [1.82, 2.24) is 0 Å². The second-order valence-electron chi connectivity index (χ2n) is 3.13. The molecule has 0 spiro atoms. The Morgan fingerprint density at radius 3 is 2.73 bits per heavy atom. The number of thiophene rings is 1. The minimum absolute atomic E-state index is 0.248. The Kier molecular flexibility index (Phi) is 3.05. The molecule has 0 aliphatic carbocycles. The van der Waals surface area contributed by atoms with E-state index in [4.69, 9.17) is 11.6 Å². The fourth-order valence-electron chi connectivity index (χ4n) is 1.33. The highest BCUT2D eigenvalue weighted by molar-refractivity contribution is 7.07. The highest BCUT2D eigenvalue weighted by Crippen LogP contribution is 2.27. The first-order valence-electron chi connectivity index (χ1n) is 4.33. The van der Waals surface area contributed by atoms with Crippen LogP contribution in [0.5, 0.6) is 0 Å². The average Bonchev–Trinajstić information content (AvgIpc) is 2.69. The molecule has 0 radical (unpaired) electrons. The first kappa shape index (κ1) is 10.6. The summed E-state index contributed by atoms with van der Waals surface area (Å²) in [5.74, 6) is -0.485. The zero-order valence-corrected chi connectivity index (χ0v) is 9.23. The van der Waals surface area contributed by atoms with Crippen molar-refractivity contribution in [3.63, 3.8) is 0 Å². The second kappa shape index (κ2) is 4.31. The van der Waals surface area contributed by atoms with E-state index in [2.05, 4.69) is 0 Å². The molecule has 2 rings (SSSR count). The summed E-state index contributed by atoms with van der Waals surface area (Å²) >= 11 is 7.09. The van der Waals surface area contributed by atoms with E-state index in [1.54, 1.807) is 17.5 Å². The number of rotatable bonds is 2. The number of halogens is 2. The van der Waals surface area contributed by atoms with E-state index in [0.717, 1.165) is 0 Å². The molecular weight excluding hydrogens is 235 g/mol. The first-order chi connectivity index (χ1) is 7.18. The Hall–Kier alpha value is -0.900. The van der Waals surface area contributed by atoms with Gasteiger partial charge in [0.2, 0.25) is 0 Å². The van der Waals surface area contributed by atoms with Gasteiger partial charge >= 0.3 is 0 Å². The number of benzene rings is 1. The van der Waals surface area contributed by atoms with Crippen molar-refractivity contribution in [2.24, 2.45) is 0 Å². The minimum Gasteiger partial charge on any atom is -0.384 e. The van der Waals surface area contributed by atoms with Gasteiger partial charge in [0.25, 0.3) is 0 Å². The smallest absolute Gasteiger partial charge is 0.130 e. The summed E-state index contributed by atoms with van der Waals surface area (Å²) in [5.41, 5.74) is 0.944. The van der Waals surface area contributed by atoms with Gasteiger partial charge in [-0.2, -0.15) is 11.3 Å². The van der Waals surface area contributed by atoms with Crippen LogP contribution in [0.2, 0.25) is 5.02 Å². The molecule has 15 heavy (non-hydrogen) atoms. The SMILES string of the molecule is OC(c1ccsc1)c1ccc(Cl)cc1F. The molecule has 1 nitrogen and oxygen atoms in total. The Morgan fingerprint density at radius 2 is 2.13 bits per heavy atom. The lowest BCUT2D eigenvalue weighted by molar-refractivity contribution is 0.215. The number of aliphatic hydroxyl groups is 1. The van der Waals surface area contributed by atoms with Crippen molar-refractivity contribution in [1.29, 1.82) is 0 Å². The van der Waals surface area contributed by atoms with E-state index < -0.39 is 11.9 Å². The summed E-state index contributed by atoms with van der Waals surface area (Å²) in [6, 6.07) is 6.03. The van der Waals surface area contributed by atoms with Crippen molar-refractivity contribution in [3.8, 4) is 0 Å². The minimum atomic E-state index is -0.923. The lowest BCUT2D eigenvalue weighted by Gasteiger charge is -2.10. The molecule has 0 bridgehead atoms. The third-order valence-electron chi connectivity index (χ3n) is 2.12. The quantitative estimate of drug-likeness (QED) is 0.853. The monoisotopic (exact) mass is 242 g/mol. The summed E-state index contributed by atoms with van der Waals surface area (Å²) in [5, 5.41) is 13.8. The molecule has 0 aliphatic heterocycles. The second-order valence-corrected chi connectivity index (χ2v) is 4.34. The van der Waals surface area contributed by atoms with Gasteiger partial charge in [0.05, 0.1) is 0 Å². The summed E-state index contributed by atoms with van der Waals surface area (Å²) in [4.78, 5) is 0. The fraction of sp³-hybridized carbons (Fsp3) is 0.0909. The van der Waals surface area contributed by atoms with Gasteiger partial charge in [-0.1, -0.05) is 17.7 Å². The van der Waals surface area contributed by atoms with Crippen molar-refractivity contribution in [2.75, 3.05) is 0 Å². The molecule has 0 saturated carbocycles. The van der Waals surface area contributed by atoms with Crippen LogP contribution in [-0.2, 0) is 0 Å². The number of aliphatic hydroxyl groups excluding tert-OH is 1. The lowest BCUT2D eigenvalue weighted by atomic mass is 10.0. The number of hydrogen-bond acceptors (Lipinski definition) is 2.